The molecule has 2 fully saturated rings. The second kappa shape index (κ2) is 4.47. The molecule has 2 aromatic rings. The Morgan fingerprint density at radius 1 is 1.15 bits per heavy atom. The summed E-state index contributed by atoms with van der Waals surface area (Å²) in [6.07, 6.45) is 4.45. The Morgan fingerprint density at radius 2 is 1.90 bits per heavy atom. The Bertz CT molecular complexity index is 639. The van der Waals surface area contributed by atoms with E-state index in [0.29, 0.717) is 5.92 Å². The number of aromatic nitrogens is 2. The van der Waals surface area contributed by atoms with Gasteiger partial charge in [0.1, 0.15) is 5.82 Å². The quantitative estimate of drug-likeness (QED) is 0.925. The van der Waals surface area contributed by atoms with Crippen LogP contribution in [0.15, 0.2) is 36.4 Å². The van der Waals surface area contributed by atoms with E-state index in [1.165, 1.54) is 12.8 Å². The lowest BCUT2D eigenvalue weighted by Crippen LogP contribution is -2.16. The third-order valence-corrected chi connectivity index (χ3v) is 3.92. The second-order valence-electron chi connectivity index (χ2n) is 5.74. The van der Waals surface area contributed by atoms with E-state index in [-0.39, 0.29) is 11.8 Å². The van der Waals surface area contributed by atoms with E-state index in [2.05, 4.69) is 10.4 Å². The van der Waals surface area contributed by atoms with E-state index in [1.54, 1.807) is 0 Å². The van der Waals surface area contributed by atoms with Crippen LogP contribution in [-0.4, -0.2) is 15.7 Å². The van der Waals surface area contributed by atoms with E-state index in [1.807, 2.05) is 41.1 Å². The van der Waals surface area contributed by atoms with Crippen molar-refractivity contribution in [1.29, 1.82) is 0 Å². The van der Waals surface area contributed by atoms with Crippen molar-refractivity contribution in [2.24, 2.45) is 5.92 Å². The molecule has 2 aliphatic rings. The Kier molecular flexibility index (Phi) is 2.62. The maximum Gasteiger partial charge on any atom is 0.228 e. The molecule has 2 aliphatic carbocycles. The summed E-state index contributed by atoms with van der Waals surface area (Å²) in [6, 6.07) is 12.0. The van der Waals surface area contributed by atoms with Crippen molar-refractivity contribution in [3.63, 3.8) is 0 Å². The van der Waals surface area contributed by atoms with Crippen LogP contribution in [-0.2, 0) is 4.79 Å². The third-order valence-electron chi connectivity index (χ3n) is 3.92. The van der Waals surface area contributed by atoms with Crippen molar-refractivity contribution < 1.29 is 4.79 Å². The average molecular weight is 267 g/mol. The fourth-order valence-corrected chi connectivity index (χ4v) is 2.41. The number of para-hydroxylation sites is 1. The molecule has 4 rings (SSSR count). The second-order valence-corrected chi connectivity index (χ2v) is 5.74. The molecule has 0 bridgehead atoms. The summed E-state index contributed by atoms with van der Waals surface area (Å²) >= 11 is 0. The van der Waals surface area contributed by atoms with Gasteiger partial charge in [-0.1, -0.05) is 18.2 Å². The van der Waals surface area contributed by atoms with E-state index < -0.39 is 0 Å². The zero-order chi connectivity index (χ0) is 13.5. The Hall–Kier alpha value is -2.10. The van der Waals surface area contributed by atoms with Gasteiger partial charge < -0.3 is 5.32 Å². The topological polar surface area (TPSA) is 46.9 Å². The Balaban J connectivity index is 1.69. The molecular weight excluding hydrogens is 250 g/mol. The summed E-state index contributed by atoms with van der Waals surface area (Å²) in [5.74, 6) is 1.72. The minimum Gasteiger partial charge on any atom is -0.310 e. The predicted octanol–water partition coefficient (Wildman–Crippen LogP) is 3.10. The highest BCUT2D eigenvalue weighted by Gasteiger charge is 2.32. The zero-order valence-corrected chi connectivity index (χ0v) is 11.2. The number of carbonyl (C=O) groups is 1. The number of rotatable bonds is 4. The number of nitrogens with one attached hydrogen (secondary N) is 1. The normalized spacial score (nSPS) is 18.0. The number of nitrogens with zero attached hydrogens (tertiary/aromatic N) is 2. The van der Waals surface area contributed by atoms with E-state index in [0.717, 1.165) is 30.0 Å². The molecule has 1 aromatic heterocycles. The molecule has 4 nitrogen and oxygen atoms in total. The smallest absolute Gasteiger partial charge is 0.228 e. The van der Waals surface area contributed by atoms with Gasteiger partial charge in [-0.15, -0.1) is 0 Å². The van der Waals surface area contributed by atoms with Gasteiger partial charge in [-0.05, 0) is 37.8 Å². The largest absolute Gasteiger partial charge is 0.310 e. The minimum atomic E-state index is 0.129. The maximum atomic E-state index is 12.0. The fourth-order valence-electron chi connectivity index (χ4n) is 2.41. The highest BCUT2D eigenvalue weighted by atomic mass is 16.2. The highest BCUT2D eigenvalue weighted by Crippen LogP contribution is 2.40. The summed E-state index contributed by atoms with van der Waals surface area (Å²) < 4.78 is 1.86. The van der Waals surface area contributed by atoms with Crippen LogP contribution in [0.2, 0.25) is 0 Å². The SMILES string of the molecule is O=C(Nc1cc(C2CC2)nn1-c1ccccc1)C1CC1. The van der Waals surface area contributed by atoms with Crippen LogP contribution in [0.4, 0.5) is 5.82 Å². The lowest BCUT2D eigenvalue weighted by Gasteiger charge is -2.08. The van der Waals surface area contributed by atoms with Gasteiger partial charge in [0, 0.05) is 17.9 Å². The molecule has 0 atom stereocenters. The summed E-state index contributed by atoms with van der Waals surface area (Å²) in [5, 5.41) is 7.71. The van der Waals surface area contributed by atoms with Crippen LogP contribution in [0.3, 0.4) is 0 Å². The van der Waals surface area contributed by atoms with Crippen LogP contribution >= 0.6 is 0 Å². The van der Waals surface area contributed by atoms with Gasteiger partial charge in [0.15, 0.2) is 0 Å². The molecule has 1 heterocycles. The van der Waals surface area contributed by atoms with Gasteiger partial charge in [-0.3, -0.25) is 4.79 Å². The highest BCUT2D eigenvalue weighted by molar-refractivity contribution is 5.93. The first-order valence-corrected chi connectivity index (χ1v) is 7.27. The summed E-state index contributed by atoms with van der Waals surface area (Å²) in [7, 11) is 0. The van der Waals surface area contributed by atoms with Crippen LogP contribution in [0.25, 0.3) is 5.69 Å². The van der Waals surface area contributed by atoms with Crippen LogP contribution in [0.1, 0.15) is 37.3 Å². The molecule has 102 valence electrons. The van der Waals surface area contributed by atoms with Crippen molar-refractivity contribution in [3.05, 3.63) is 42.1 Å². The molecule has 0 saturated heterocycles. The van der Waals surface area contributed by atoms with Gasteiger partial charge in [0.2, 0.25) is 5.91 Å². The molecule has 2 saturated carbocycles. The van der Waals surface area contributed by atoms with Gasteiger partial charge >= 0.3 is 0 Å². The predicted molar refractivity (Wildman–Crippen MR) is 76.9 cm³/mol. The lowest BCUT2D eigenvalue weighted by molar-refractivity contribution is -0.117. The summed E-state index contributed by atoms with van der Waals surface area (Å²) in [6.45, 7) is 0. The van der Waals surface area contributed by atoms with Gasteiger partial charge in [-0.2, -0.15) is 5.10 Å². The Labute approximate surface area is 117 Å². The lowest BCUT2D eigenvalue weighted by atomic mass is 10.3. The number of anilines is 1. The third kappa shape index (κ3) is 2.22. The van der Waals surface area contributed by atoms with Gasteiger partial charge in [-0.25, -0.2) is 4.68 Å². The van der Waals surface area contributed by atoms with Crippen molar-refractivity contribution in [2.75, 3.05) is 5.32 Å². The van der Waals surface area contributed by atoms with Crippen molar-refractivity contribution in [2.45, 2.75) is 31.6 Å². The fraction of sp³-hybridized carbons (Fsp3) is 0.375. The minimum absolute atomic E-state index is 0.129. The molecule has 0 unspecified atom stereocenters. The summed E-state index contributed by atoms with van der Waals surface area (Å²) in [5.41, 5.74) is 2.09. The Morgan fingerprint density at radius 3 is 2.55 bits per heavy atom. The van der Waals surface area contributed by atoms with Crippen LogP contribution < -0.4 is 5.32 Å². The molecule has 0 spiro atoms. The number of carbonyl (C=O) groups excluding carboxylic acids is 1. The van der Waals surface area contributed by atoms with E-state index in [4.69, 9.17) is 0 Å². The number of benzene rings is 1. The standard InChI is InChI=1S/C16H17N3O/c20-16(12-8-9-12)17-15-10-14(11-6-7-11)18-19(15)13-4-2-1-3-5-13/h1-5,10-12H,6-9H2,(H,17,20). The average Bonchev–Trinajstić information content (AvgIpc) is 3.37. The molecule has 20 heavy (non-hydrogen) atoms. The molecule has 0 aliphatic heterocycles. The molecule has 1 aromatic carbocycles. The van der Waals surface area contributed by atoms with Crippen molar-refractivity contribution in [1.82, 2.24) is 9.78 Å². The number of amides is 1. The molecule has 0 radical (unpaired) electrons. The van der Waals surface area contributed by atoms with Crippen molar-refractivity contribution >= 4 is 11.7 Å². The zero-order valence-electron chi connectivity index (χ0n) is 11.2. The summed E-state index contributed by atoms with van der Waals surface area (Å²) in [4.78, 5) is 12.0. The first-order chi connectivity index (χ1) is 9.81. The molecular formula is C16H17N3O. The van der Waals surface area contributed by atoms with Gasteiger partial charge in [0.25, 0.3) is 0 Å². The number of hydrogen-bond acceptors (Lipinski definition) is 2. The monoisotopic (exact) mass is 267 g/mol. The van der Waals surface area contributed by atoms with Crippen LogP contribution in [0.5, 0.6) is 0 Å². The van der Waals surface area contributed by atoms with Crippen molar-refractivity contribution in [3.8, 4) is 5.69 Å². The van der Waals surface area contributed by atoms with E-state index in [9.17, 15) is 4.79 Å². The van der Waals surface area contributed by atoms with Crippen LogP contribution in [0, 0.1) is 5.92 Å². The number of hydrogen-bond donors (Lipinski definition) is 1. The molecule has 4 heteroatoms. The molecule has 1 amide bonds. The first-order valence-electron chi connectivity index (χ1n) is 7.27. The maximum absolute atomic E-state index is 12.0. The van der Waals surface area contributed by atoms with E-state index >= 15 is 0 Å². The molecule has 1 N–H and O–H groups in total. The first kappa shape index (κ1) is 11.7. The van der Waals surface area contributed by atoms with Gasteiger partial charge in [0.05, 0.1) is 11.4 Å².